The predicted octanol–water partition coefficient (Wildman–Crippen LogP) is 9.61. The second-order valence-electron chi connectivity index (χ2n) is 15.9. The zero-order valence-corrected chi connectivity index (χ0v) is 36.3. The van der Waals surface area contributed by atoms with Crippen molar-refractivity contribution >= 4 is 21.1 Å². The van der Waals surface area contributed by atoms with Crippen LogP contribution >= 0.6 is 0 Å². The molecule has 2 aliphatic rings. The van der Waals surface area contributed by atoms with Crippen molar-refractivity contribution in [3.63, 3.8) is 0 Å². The summed E-state index contributed by atoms with van der Waals surface area (Å²) in [5.41, 5.74) is 10.3. The molecule has 9 heteroatoms. The van der Waals surface area contributed by atoms with Gasteiger partial charge in [0, 0.05) is 62.4 Å². The number of nitrogen functional groups attached to an aromatic ring is 1. The maximum atomic E-state index is 11.5. The number of hydrogen-bond donors (Lipinski definition) is 1. The van der Waals surface area contributed by atoms with E-state index >= 15 is 0 Å². The molecule has 302 valence electrons. The van der Waals surface area contributed by atoms with Gasteiger partial charge in [-0.15, -0.1) is 0 Å². The Morgan fingerprint density at radius 3 is 1.92 bits per heavy atom. The van der Waals surface area contributed by atoms with Crippen LogP contribution in [0.2, 0.25) is 0 Å². The van der Waals surface area contributed by atoms with Crippen molar-refractivity contribution in [2.45, 2.75) is 113 Å². The van der Waals surface area contributed by atoms with Crippen LogP contribution in [0.5, 0.6) is 5.75 Å². The van der Waals surface area contributed by atoms with Crippen LogP contribution in [0.1, 0.15) is 123 Å². The summed E-state index contributed by atoms with van der Waals surface area (Å²) >= 11 is 0. The van der Waals surface area contributed by atoms with E-state index in [2.05, 4.69) is 103 Å². The molecular formula is C44H76N4O4S. The van der Waals surface area contributed by atoms with E-state index in [1.54, 1.807) is 7.11 Å². The molecule has 53 heavy (non-hydrogen) atoms. The molecule has 5 rings (SSSR count). The highest BCUT2D eigenvalue weighted by Gasteiger charge is 2.17. The van der Waals surface area contributed by atoms with Gasteiger partial charge < -0.3 is 29.4 Å². The molecule has 0 aliphatic carbocycles. The lowest BCUT2D eigenvalue weighted by Gasteiger charge is -2.29. The molecule has 0 saturated carbocycles. The number of benzene rings is 2. The third-order valence-electron chi connectivity index (χ3n) is 8.75. The van der Waals surface area contributed by atoms with Gasteiger partial charge in [0.2, 0.25) is 0 Å². The average Bonchev–Trinajstić information content (AvgIpc) is 3.56. The van der Waals surface area contributed by atoms with E-state index in [1.165, 1.54) is 29.7 Å². The minimum absolute atomic E-state index is 0.0890. The molecule has 2 aromatic carbocycles. The minimum atomic E-state index is -1.69. The van der Waals surface area contributed by atoms with Gasteiger partial charge in [-0.3, -0.25) is 4.21 Å². The number of aromatic nitrogens is 2. The van der Waals surface area contributed by atoms with Crippen LogP contribution < -0.4 is 10.5 Å². The molecule has 1 aromatic heterocycles. The maximum Gasteiger partial charge on any atom is 0.157 e. The number of ether oxygens (including phenoxy) is 3. The van der Waals surface area contributed by atoms with Crippen molar-refractivity contribution in [1.29, 1.82) is 0 Å². The van der Waals surface area contributed by atoms with Crippen LogP contribution in [0.25, 0.3) is 0 Å². The van der Waals surface area contributed by atoms with Gasteiger partial charge >= 0.3 is 0 Å². The smallest absolute Gasteiger partial charge is 0.157 e. The van der Waals surface area contributed by atoms with Crippen molar-refractivity contribution < 1.29 is 18.4 Å². The lowest BCUT2D eigenvalue weighted by molar-refractivity contribution is -0.167. The van der Waals surface area contributed by atoms with Gasteiger partial charge in [-0.2, -0.15) is 0 Å². The van der Waals surface area contributed by atoms with Crippen molar-refractivity contribution in [2.75, 3.05) is 57.2 Å². The molecule has 0 spiro atoms. The number of methoxy groups -OCH3 is 1. The third kappa shape index (κ3) is 21.6. The summed E-state index contributed by atoms with van der Waals surface area (Å²) < 4.78 is 29.7. The Kier molecular flexibility index (Phi) is 23.7. The summed E-state index contributed by atoms with van der Waals surface area (Å²) in [5, 5.41) is 0. The van der Waals surface area contributed by atoms with Crippen LogP contribution in [0.3, 0.4) is 0 Å². The van der Waals surface area contributed by atoms with Crippen LogP contribution in [0.15, 0.2) is 61.1 Å². The van der Waals surface area contributed by atoms with Gasteiger partial charge in [0.1, 0.15) is 5.75 Å². The van der Waals surface area contributed by atoms with E-state index in [9.17, 15) is 4.21 Å². The Labute approximate surface area is 325 Å². The van der Waals surface area contributed by atoms with Gasteiger partial charge in [-0.05, 0) is 93.6 Å². The summed E-state index contributed by atoms with van der Waals surface area (Å²) in [6, 6.07) is 16.1. The largest absolute Gasteiger partial charge is 0.496 e. The number of nitrogens with two attached hydrogens (primary N) is 1. The Morgan fingerprint density at radius 1 is 0.887 bits per heavy atom. The van der Waals surface area contributed by atoms with E-state index in [0.29, 0.717) is 29.6 Å². The molecule has 0 bridgehead atoms. The number of rotatable bonds is 9. The van der Waals surface area contributed by atoms with Crippen molar-refractivity contribution in [1.82, 2.24) is 14.5 Å². The zero-order chi connectivity index (χ0) is 40.0. The van der Waals surface area contributed by atoms with Crippen LogP contribution in [-0.2, 0) is 26.0 Å². The Morgan fingerprint density at radius 2 is 1.51 bits per heavy atom. The van der Waals surface area contributed by atoms with Crippen LogP contribution in [0, 0.1) is 11.8 Å². The average molecular weight is 757 g/mol. The molecular weight excluding hydrogens is 681 g/mol. The second-order valence-corrected chi connectivity index (χ2v) is 18.6. The molecule has 0 radical (unpaired) electrons. The SMILES string of the molecule is C=S1(=O)CCN(CC(C)C)CC1.CC(C)COC1CCCCO1.CC(C)c1ccc(N)cc1.CC(C)c1cncn1C.COc1ccccc1C(C)C. The highest BCUT2D eigenvalue weighted by Crippen LogP contribution is 2.25. The van der Waals surface area contributed by atoms with Gasteiger partial charge in [0.25, 0.3) is 0 Å². The van der Waals surface area contributed by atoms with Crippen molar-refractivity contribution in [3.8, 4) is 5.75 Å². The lowest BCUT2D eigenvalue weighted by Crippen LogP contribution is -2.41. The quantitative estimate of drug-likeness (QED) is 0.172. The first-order valence-electron chi connectivity index (χ1n) is 19.7. The van der Waals surface area contributed by atoms with Crippen molar-refractivity contribution in [2.24, 2.45) is 18.9 Å². The Bertz CT molecular complexity index is 1450. The van der Waals surface area contributed by atoms with Crippen LogP contribution in [0.4, 0.5) is 5.69 Å². The third-order valence-corrected chi connectivity index (χ3v) is 10.6. The summed E-state index contributed by atoms with van der Waals surface area (Å²) in [7, 11) is 2.03. The first-order valence-corrected chi connectivity index (χ1v) is 21.7. The first-order chi connectivity index (χ1) is 24.9. The highest BCUT2D eigenvalue weighted by atomic mass is 32.2. The number of aryl methyl sites for hydroxylation is 1. The molecule has 3 aromatic rings. The summed E-state index contributed by atoms with van der Waals surface area (Å²) in [6.45, 7) is 26.5. The van der Waals surface area contributed by atoms with Crippen molar-refractivity contribution in [3.05, 3.63) is 77.9 Å². The van der Waals surface area contributed by atoms with E-state index in [1.807, 2.05) is 54.5 Å². The predicted molar refractivity (Wildman–Crippen MR) is 230 cm³/mol. The van der Waals surface area contributed by atoms with Gasteiger partial charge in [0.05, 0.1) is 20.0 Å². The summed E-state index contributed by atoms with van der Waals surface area (Å²) in [6.07, 6.45) is 7.35. The van der Waals surface area contributed by atoms with Gasteiger partial charge in [-0.25, -0.2) is 4.98 Å². The number of imidazole rings is 1. The van der Waals surface area contributed by atoms with Gasteiger partial charge in [0.15, 0.2) is 6.29 Å². The van der Waals surface area contributed by atoms with E-state index < -0.39 is 9.52 Å². The zero-order valence-electron chi connectivity index (χ0n) is 35.5. The molecule has 2 N–H and O–H groups in total. The minimum Gasteiger partial charge on any atom is -0.496 e. The number of anilines is 1. The molecule has 2 saturated heterocycles. The molecule has 1 unspecified atom stereocenters. The Balaban J connectivity index is 0.000000332. The molecule has 8 nitrogen and oxygen atoms in total. The molecule has 2 aliphatic heterocycles. The summed E-state index contributed by atoms with van der Waals surface area (Å²) in [5.74, 6) is 9.35. The van der Waals surface area contributed by atoms with Gasteiger partial charge in [-0.1, -0.05) is 99.6 Å². The van der Waals surface area contributed by atoms with E-state index in [-0.39, 0.29) is 6.29 Å². The second kappa shape index (κ2) is 26.0. The fraction of sp³-hybridized carbons (Fsp3) is 0.636. The fourth-order valence-electron chi connectivity index (χ4n) is 5.59. The molecule has 0 amide bonds. The normalized spacial score (nSPS) is 16.8. The fourth-order valence-corrected chi connectivity index (χ4v) is 6.98. The molecule has 3 heterocycles. The molecule has 2 fully saturated rings. The number of nitrogens with zero attached hydrogens (tertiary/aromatic N) is 3. The maximum absolute atomic E-state index is 11.5. The summed E-state index contributed by atoms with van der Waals surface area (Å²) in [4.78, 5) is 6.39. The first kappa shape index (κ1) is 48.2. The number of hydrogen-bond acceptors (Lipinski definition) is 7. The monoisotopic (exact) mass is 757 g/mol. The van der Waals surface area contributed by atoms with Crippen LogP contribution in [-0.4, -0.2) is 82.3 Å². The standard InChI is InChI=1S/C10H14O.C9H19NOS.C9H13N.C9H18O2.C7H12N2/c1-8(2)9-6-4-5-7-10(9)11-3;1-9(2)8-10-4-6-12(3,11)7-5-10;1-7(2)8-3-5-9(10)6-4-8;1-8(2)7-11-9-5-3-4-6-10-9;1-6(2)7-4-8-5-9(7)3/h4-8H,1-3H3;9H,3-8H2,1-2H3;3-7H,10H2,1-2H3;8-9H,3-7H2,1-2H3;4-6H,1-3H3. The topological polar surface area (TPSA) is 91.8 Å². The lowest BCUT2D eigenvalue weighted by atomic mass is 10.0. The number of para-hydroxylation sites is 1. The highest BCUT2D eigenvalue weighted by molar-refractivity contribution is 8.00. The Hall–Kier alpha value is -2.85. The van der Waals surface area contributed by atoms with E-state index in [4.69, 9.17) is 19.9 Å². The van der Waals surface area contributed by atoms with E-state index in [0.717, 1.165) is 62.2 Å². The molecule has 1 atom stereocenters.